The third-order valence-electron chi connectivity index (χ3n) is 1.69. The SMILES string of the molecule is CC.N[C@@H](Cc1ccc(Br)cc1)C(=O)O. The predicted octanol–water partition coefficient (Wildman–Crippen LogP) is 2.43. The standard InChI is InChI=1S/C9H10BrNO2.C2H6/c10-7-3-1-6(2-4-7)5-8(11)9(12)13;1-2/h1-4,8H,5,11H2,(H,12,13);1-2H3/t8-;/m0./s1. The van der Waals surface area contributed by atoms with Crippen LogP contribution in [0.25, 0.3) is 0 Å². The van der Waals surface area contributed by atoms with Crippen LogP contribution in [0.2, 0.25) is 0 Å². The topological polar surface area (TPSA) is 63.3 Å². The van der Waals surface area contributed by atoms with Gasteiger partial charge in [-0.3, -0.25) is 4.79 Å². The Balaban J connectivity index is 0.000000921. The quantitative estimate of drug-likeness (QED) is 0.889. The molecule has 0 amide bonds. The lowest BCUT2D eigenvalue weighted by atomic mass is 10.1. The van der Waals surface area contributed by atoms with E-state index in [0.717, 1.165) is 10.0 Å². The lowest BCUT2D eigenvalue weighted by molar-refractivity contribution is -0.138. The van der Waals surface area contributed by atoms with Crippen molar-refractivity contribution >= 4 is 21.9 Å². The lowest BCUT2D eigenvalue weighted by Gasteiger charge is -2.05. The molecule has 0 unspecified atom stereocenters. The Morgan fingerprint density at radius 2 is 1.87 bits per heavy atom. The van der Waals surface area contributed by atoms with Gasteiger partial charge in [-0.25, -0.2) is 0 Å². The fourth-order valence-corrected chi connectivity index (χ4v) is 1.23. The summed E-state index contributed by atoms with van der Waals surface area (Å²) in [5, 5.41) is 8.56. The van der Waals surface area contributed by atoms with E-state index in [2.05, 4.69) is 15.9 Å². The Morgan fingerprint density at radius 1 is 1.40 bits per heavy atom. The van der Waals surface area contributed by atoms with E-state index in [1.807, 2.05) is 38.1 Å². The second-order valence-electron chi connectivity index (χ2n) is 2.78. The lowest BCUT2D eigenvalue weighted by Crippen LogP contribution is -2.32. The van der Waals surface area contributed by atoms with E-state index in [1.165, 1.54) is 0 Å². The maximum absolute atomic E-state index is 10.4. The third kappa shape index (κ3) is 5.54. The molecule has 1 atom stereocenters. The molecule has 0 aliphatic heterocycles. The molecule has 0 aromatic heterocycles. The summed E-state index contributed by atoms with van der Waals surface area (Å²) in [6.07, 6.45) is 0.364. The van der Waals surface area contributed by atoms with Gasteiger partial charge >= 0.3 is 5.97 Å². The molecule has 1 rings (SSSR count). The van der Waals surface area contributed by atoms with Crippen molar-refractivity contribution in [1.82, 2.24) is 0 Å². The van der Waals surface area contributed by atoms with Crippen LogP contribution in [0.3, 0.4) is 0 Å². The summed E-state index contributed by atoms with van der Waals surface area (Å²) in [7, 11) is 0. The first-order valence-electron chi connectivity index (χ1n) is 4.82. The molecule has 0 aliphatic rings. The summed E-state index contributed by atoms with van der Waals surface area (Å²) >= 11 is 3.29. The van der Waals surface area contributed by atoms with Crippen LogP contribution in [0.1, 0.15) is 19.4 Å². The van der Waals surface area contributed by atoms with Crippen LogP contribution in [0, 0.1) is 0 Å². The van der Waals surface area contributed by atoms with Crippen molar-refractivity contribution in [3.8, 4) is 0 Å². The van der Waals surface area contributed by atoms with Crippen LogP contribution in [0.4, 0.5) is 0 Å². The summed E-state index contributed by atoms with van der Waals surface area (Å²) < 4.78 is 0.972. The summed E-state index contributed by atoms with van der Waals surface area (Å²) in [6, 6.07) is 6.62. The Kier molecular flexibility index (Phi) is 6.99. The normalized spacial score (nSPS) is 11.2. The van der Waals surface area contributed by atoms with Gasteiger partial charge < -0.3 is 10.8 Å². The van der Waals surface area contributed by atoms with Gasteiger partial charge in [-0.1, -0.05) is 41.9 Å². The van der Waals surface area contributed by atoms with Crippen molar-refractivity contribution in [2.24, 2.45) is 5.73 Å². The van der Waals surface area contributed by atoms with Crippen molar-refractivity contribution in [2.45, 2.75) is 26.3 Å². The highest BCUT2D eigenvalue weighted by molar-refractivity contribution is 9.10. The molecule has 0 radical (unpaired) electrons. The van der Waals surface area contributed by atoms with Crippen LogP contribution in [0.5, 0.6) is 0 Å². The van der Waals surface area contributed by atoms with Gasteiger partial charge in [-0.15, -0.1) is 0 Å². The van der Waals surface area contributed by atoms with Crippen LogP contribution < -0.4 is 5.73 Å². The number of benzene rings is 1. The molecule has 4 heteroatoms. The molecule has 3 nitrogen and oxygen atoms in total. The average Bonchev–Trinajstić information content (AvgIpc) is 2.24. The zero-order valence-electron chi connectivity index (χ0n) is 8.90. The van der Waals surface area contributed by atoms with Gasteiger partial charge in [-0.05, 0) is 24.1 Å². The second-order valence-corrected chi connectivity index (χ2v) is 3.69. The summed E-state index contributed by atoms with van der Waals surface area (Å²) in [6.45, 7) is 4.00. The van der Waals surface area contributed by atoms with E-state index in [9.17, 15) is 4.79 Å². The maximum atomic E-state index is 10.4. The minimum Gasteiger partial charge on any atom is -0.480 e. The first-order valence-corrected chi connectivity index (χ1v) is 5.61. The first kappa shape index (κ1) is 14.1. The summed E-state index contributed by atoms with van der Waals surface area (Å²) in [4.78, 5) is 10.4. The van der Waals surface area contributed by atoms with E-state index >= 15 is 0 Å². The summed E-state index contributed by atoms with van der Waals surface area (Å²) in [5.74, 6) is -0.970. The monoisotopic (exact) mass is 273 g/mol. The van der Waals surface area contributed by atoms with Crippen molar-refractivity contribution in [3.63, 3.8) is 0 Å². The number of aliphatic carboxylic acids is 1. The van der Waals surface area contributed by atoms with Crippen LogP contribution >= 0.6 is 15.9 Å². The van der Waals surface area contributed by atoms with Gasteiger partial charge in [0.25, 0.3) is 0 Å². The highest BCUT2D eigenvalue weighted by Crippen LogP contribution is 2.11. The zero-order valence-corrected chi connectivity index (χ0v) is 10.5. The first-order chi connectivity index (χ1) is 7.09. The predicted molar refractivity (Wildman–Crippen MR) is 64.8 cm³/mol. The molecule has 0 aliphatic carbocycles. The number of carboxylic acids is 1. The van der Waals surface area contributed by atoms with Gasteiger partial charge in [-0.2, -0.15) is 0 Å². The van der Waals surface area contributed by atoms with Crippen LogP contribution in [-0.2, 0) is 11.2 Å². The Hall–Kier alpha value is -0.870. The molecule has 1 aromatic carbocycles. The Bertz CT molecular complexity index is 298. The summed E-state index contributed by atoms with van der Waals surface area (Å²) in [5.41, 5.74) is 6.30. The third-order valence-corrected chi connectivity index (χ3v) is 2.21. The molecular formula is C11H16BrNO2. The molecule has 0 bridgehead atoms. The van der Waals surface area contributed by atoms with Crippen molar-refractivity contribution in [1.29, 1.82) is 0 Å². The minimum atomic E-state index is -0.970. The van der Waals surface area contributed by atoms with E-state index < -0.39 is 12.0 Å². The number of rotatable bonds is 3. The number of hydrogen-bond acceptors (Lipinski definition) is 2. The van der Waals surface area contributed by atoms with Crippen molar-refractivity contribution in [2.75, 3.05) is 0 Å². The van der Waals surface area contributed by atoms with Gasteiger partial charge in [0, 0.05) is 4.47 Å². The number of hydrogen-bond donors (Lipinski definition) is 2. The van der Waals surface area contributed by atoms with Gasteiger partial charge in [0.05, 0.1) is 0 Å². The maximum Gasteiger partial charge on any atom is 0.320 e. The number of halogens is 1. The molecule has 0 spiro atoms. The highest BCUT2D eigenvalue weighted by atomic mass is 79.9. The van der Waals surface area contributed by atoms with Crippen LogP contribution in [0.15, 0.2) is 28.7 Å². The molecule has 0 heterocycles. The number of carboxylic acid groups (broad SMARTS) is 1. The minimum absolute atomic E-state index is 0.364. The van der Waals surface area contributed by atoms with Gasteiger partial charge in [0.15, 0.2) is 0 Å². The Labute approximate surface area is 98.4 Å². The highest BCUT2D eigenvalue weighted by Gasteiger charge is 2.11. The molecule has 15 heavy (non-hydrogen) atoms. The molecule has 3 N–H and O–H groups in total. The van der Waals surface area contributed by atoms with Crippen LogP contribution in [-0.4, -0.2) is 17.1 Å². The van der Waals surface area contributed by atoms with E-state index in [1.54, 1.807) is 0 Å². The Morgan fingerprint density at radius 3 is 2.27 bits per heavy atom. The smallest absolute Gasteiger partial charge is 0.320 e. The fraction of sp³-hybridized carbons (Fsp3) is 0.364. The molecule has 0 fully saturated rings. The molecule has 0 saturated carbocycles. The fourth-order valence-electron chi connectivity index (χ4n) is 0.962. The average molecular weight is 274 g/mol. The molecule has 1 aromatic rings. The molecule has 0 saturated heterocycles. The van der Waals surface area contributed by atoms with E-state index in [0.29, 0.717) is 6.42 Å². The largest absolute Gasteiger partial charge is 0.480 e. The van der Waals surface area contributed by atoms with Gasteiger partial charge in [0.2, 0.25) is 0 Å². The van der Waals surface area contributed by atoms with Crippen molar-refractivity contribution < 1.29 is 9.90 Å². The second kappa shape index (κ2) is 7.43. The molecule has 84 valence electrons. The number of nitrogens with two attached hydrogens (primary N) is 1. The zero-order chi connectivity index (χ0) is 11.8. The van der Waals surface area contributed by atoms with Crippen molar-refractivity contribution in [3.05, 3.63) is 34.3 Å². The van der Waals surface area contributed by atoms with E-state index in [4.69, 9.17) is 10.8 Å². The van der Waals surface area contributed by atoms with E-state index in [-0.39, 0.29) is 0 Å². The molecular weight excluding hydrogens is 258 g/mol. The van der Waals surface area contributed by atoms with Gasteiger partial charge in [0.1, 0.15) is 6.04 Å². The number of carbonyl (C=O) groups is 1.